The first-order valence-electron chi connectivity index (χ1n) is 4.53. The van der Waals surface area contributed by atoms with Crippen LogP contribution in [0.25, 0.3) is 0 Å². The maximum Gasteiger partial charge on any atom is 0.252 e. The zero-order chi connectivity index (χ0) is 11.3. The smallest absolute Gasteiger partial charge is 0.252 e. The highest BCUT2D eigenvalue weighted by Gasteiger charge is 2.08. The van der Waals surface area contributed by atoms with Crippen molar-refractivity contribution in [1.82, 2.24) is 10.6 Å². The maximum absolute atomic E-state index is 11.7. The van der Waals surface area contributed by atoms with Crippen molar-refractivity contribution in [2.24, 2.45) is 0 Å². The van der Waals surface area contributed by atoms with E-state index < -0.39 is 0 Å². The monoisotopic (exact) mass is 334 g/mol. The van der Waals surface area contributed by atoms with Crippen LogP contribution in [0.5, 0.6) is 0 Å². The third kappa shape index (κ3) is 3.93. The van der Waals surface area contributed by atoms with Crippen molar-refractivity contribution in [2.45, 2.75) is 0 Å². The molecule has 82 valence electrons. The maximum atomic E-state index is 11.7. The van der Waals surface area contributed by atoms with Crippen molar-refractivity contribution < 1.29 is 4.79 Å². The summed E-state index contributed by atoms with van der Waals surface area (Å²) in [6.45, 7) is 1.39. The molecule has 1 aromatic carbocycles. The zero-order valence-electron chi connectivity index (χ0n) is 8.31. The zero-order valence-corrected chi connectivity index (χ0v) is 11.5. The Labute approximate surface area is 106 Å². The van der Waals surface area contributed by atoms with Crippen LogP contribution < -0.4 is 10.6 Å². The van der Waals surface area contributed by atoms with Crippen molar-refractivity contribution in [1.29, 1.82) is 0 Å². The van der Waals surface area contributed by atoms with Gasteiger partial charge in [-0.2, -0.15) is 0 Å². The quantitative estimate of drug-likeness (QED) is 0.828. The Morgan fingerprint density at radius 3 is 2.67 bits per heavy atom. The second kappa shape index (κ2) is 6.25. The fraction of sp³-hybridized carbons (Fsp3) is 0.300. The van der Waals surface area contributed by atoms with E-state index in [2.05, 4.69) is 42.5 Å². The number of rotatable bonds is 4. The van der Waals surface area contributed by atoms with E-state index in [0.29, 0.717) is 12.1 Å². The van der Waals surface area contributed by atoms with Crippen LogP contribution in [0.3, 0.4) is 0 Å². The Balaban J connectivity index is 2.65. The highest BCUT2D eigenvalue weighted by Crippen LogP contribution is 2.21. The standard InChI is InChI=1S/C10H12Br2N2O/c1-13-4-5-14-10(15)8-3-2-7(11)6-9(8)12/h2-3,6,13H,4-5H2,1H3,(H,14,15). The lowest BCUT2D eigenvalue weighted by atomic mass is 10.2. The van der Waals surface area contributed by atoms with E-state index >= 15 is 0 Å². The number of nitrogens with one attached hydrogen (secondary N) is 2. The van der Waals surface area contributed by atoms with Gasteiger partial charge in [-0.3, -0.25) is 4.79 Å². The molecule has 1 aromatic rings. The average molecular weight is 336 g/mol. The Hall–Kier alpha value is -0.390. The van der Waals surface area contributed by atoms with Gasteiger partial charge in [0.25, 0.3) is 5.91 Å². The third-order valence-electron chi connectivity index (χ3n) is 1.84. The molecule has 2 N–H and O–H groups in total. The van der Waals surface area contributed by atoms with Crippen LogP contribution in [0.15, 0.2) is 27.1 Å². The minimum absolute atomic E-state index is 0.0652. The molecule has 0 heterocycles. The molecular formula is C10H12Br2N2O. The predicted molar refractivity (Wildman–Crippen MR) is 68.1 cm³/mol. The van der Waals surface area contributed by atoms with Crippen LogP contribution in [0, 0.1) is 0 Å². The average Bonchev–Trinajstić information content (AvgIpc) is 2.17. The van der Waals surface area contributed by atoms with E-state index in [1.54, 1.807) is 6.07 Å². The van der Waals surface area contributed by atoms with Gasteiger partial charge in [-0.25, -0.2) is 0 Å². The number of amides is 1. The number of benzene rings is 1. The van der Waals surface area contributed by atoms with E-state index in [9.17, 15) is 4.79 Å². The molecule has 0 aromatic heterocycles. The second-order valence-electron chi connectivity index (χ2n) is 2.98. The number of carbonyl (C=O) groups excluding carboxylic acids is 1. The van der Waals surface area contributed by atoms with Gasteiger partial charge < -0.3 is 10.6 Å². The van der Waals surface area contributed by atoms with E-state index in [1.165, 1.54) is 0 Å². The lowest BCUT2D eigenvalue weighted by molar-refractivity contribution is 0.0953. The van der Waals surface area contributed by atoms with Crippen molar-refractivity contribution in [3.8, 4) is 0 Å². The molecule has 0 aliphatic rings. The second-order valence-corrected chi connectivity index (χ2v) is 4.75. The lowest BCUT2D eigenvalue weighted by Gasteiger charge is -2.06. The van der Waals surface area contributed by atoms with Crippen molar-refractivity contribution in [3.05, 3.63) is 32.7 Å². The molecule has 0 saturated heterocycles. The normalized spacial score (nSPS) is 10.1. The number of halogens is 2. The molecule has 1 rings (SSSR count). The number of carbonyl (C=O) groups is 1. The van der Waals surface area contributed by atoms with E-state index in [0.717, 1.165) is 15.5 Å². The summed E-state index contributed by atoms with van der Waals surface area (Å²) in [5, 5.41) is 5.78. The minimum atomic E-state index is -0.0652. The fourth-order valence-electron chi connectivity index (χ4n) is 1.07. The first-order valence-corrected chi connectivity index (χ1v) is 6.11. The first-order chi connectivity index (χ1) is 7.15. The Morgan fingerprint density at radius 1 is 1.33 bits per heavy atom. The van der Waals surface area contributed by atoms with Gasteiger partial charge in [-0.05, 0) is 41.2 Å². The summed E-state index contributed by atoms with van der Waals surface area (Å²) in [4.78, 5) is 11.7. The summed E-state index contributed by atoms with van der Waals surface area (Å²) < 4.78 is 1.74. The van der Waals surface area contributed by atoms with Gasteiger partial charge in [0.2, 0.25) is 0 Å². The number of hydrogen-bond acceptors (Lipinski definition) is 2. The SMILES string of the molecule is CNCCNC(=O)c1ccc(Br)cc1Br. The van der Waals surface area contributed by atoms with Crippen LogP contribution in [0.1, 0.15) is 10.4 Å². The molecule has 0 saturated carbocycles. The molecule has 15 heavy (non-hydrogen) atoms. The van der Waals surface area contributed by atoms with Gasteiger partial charge in [0.1, 0.15) is 0 Å². The molecule has 3 nitrogen and oxygen atoms in total. The molecule has 0 unspecified atom stereocenters. The molecule has 0 bridgehead atoms. The van der Waals surface area contributed by atoms with Gasteiger partial charge in [0.05, 0.1) is 5.56 Å². The van der Waals surface area contributed by atoms with Gasteiger partial charge in [0, 0.05) is 22.0 Å². The summed E-state index contributed by atoms with van der Waals surface area (Å²) in [6.07, 6.45) is 0. The molecule has 5 heteroatoms. The van der Waals surface area contributed by atoms with Crippen molar-refractivity contribution >= 4 is 37.8 Å². The van der Waals surface area contributed by atoms with Gasteiger partial charge in [-0.15, -0.1) is 0 Å². The van der Waals surface area contributed by atoms with Crippen LogP contribution >= 0.6 is 31.9 Å². The highest BCUT2D eigenvalue weighted by atomic mass is 79.9. The van der Waals surface area contributed by atoms with Gasteiger partial charge in [-0.1, -0.05) is 15.9 Å². The summed E-state index contributed by atoms with van der Waals surface area (Å²) in [5.74, 6) is -0.0652. The van der Waals surface area contributed by atoms with Crippen LogP contribution in [0.2, 0.25) is 0 Å². The molecule has 1 amide bonds. The number of hydrogen-bond donors (Lipinski definition) is 2. The fourth-order valence-corrected chi connectivity index (χ4v) is 2.30. The van der Waals surface area contributed by atoms with Crippen LogP contribution in [0.4, 0.5) is 0 Å². The van der Waals surface area contributed by atoms with E-state index in [4.69, 9.17) is 0 Å². The van der Waals surface area contributed by atoms with Crippen molar-refractivity contribution in [3.63, 3.8) is 0 Å². The summed E-state index contributed by atoms with van der Waals surface area (Å²) >= 11 is 6.69. The van der Waals surface area contributed by atoms with Crippen LogP contribution in [-0.2, 0) is 0 Å². The summed E-state index contributed by atoms with van der Waals surface area (Å²) in [5.41, 5.74) is 0.648. The first kappa shape index (κ1) is 12.7. The van der Waals surface area contributed by atoms with E-state index in [-0.39, 0.29) is 5.91 Å². The predicted octanol–water partition coefficient (Wildman–Crippen LogP) is 2.16. The Bertz CT molecular complexity index is 355. The lowest BCUT2D eigenvalue weighted by Crippen LogP contribution is -2.30. The molecule has 0 aliphatic carbocycles. The molecule has 0 radical (unpaired) electrons. The minimum Gasteiger partial charge on any atom is -0.351 e. The molecule has 0 spiro atoms. The molecule has 0 fully saturated rings. The van der Waals surface area contributed by atoms with Crippen LogP contribution in [-0.4, -0.2) is 26.0 Å². The van der Waals surface area contributed by atoms with Crippen molar-refractivity contribution in [2.75, 3.05) is 20.1 Å². The molecule has 0 atom stereocenters. The van der Waals surface area contributed by atoms with E-state index in [1.807, 2.05) is 19.2 Å². The van der Waals surface area contributed by atoms with Gasteiger partial charge >= 0.3 is 0 Å². The van der Waals surface area contributed by atoms with Gasteiger partial charge in [0.15, 0.2) is 0 Å². The largest absolute Gasteiger partial charge is 0.351 e. The Morgan fingerprint density at radius 2 is 2.07 bits per heavy atom. The summed E-state index contributed by atoms with van der Waals surface area (Å²) in [7, 11) is 1.85. The highest BCUT2D eigenvalue weighted by molar-refractivity contribution is 9.11. The number of likely N-dealkylation sites (N-methyl/N-ethyl adjacent to an activating group) is 1. The summed E-state index contributed by atoms with van der Waals surface area (Å²) in [6, 6.07) is 5.48. The molecule has 0 aliphatic heterocycles. The Kier molecular flexibility index (Phi) is 5.28. The molecular weight excluding hydrogens is 324 g/mol. The topological polar surface area (TPSA) is 41.1 Å². The third-order valence-corrected chi connectivity index (χ3v) is 2.99.